The number of aromatic nitrogens is 1. The average Bonchev–Trinajstić information content (AvgIpc) is 3.20. The van der Waals surface area contributed by atoms with E-state index >= 15 is 0 Å². The highest BCUT2D eigenvalue weighted by Gasteiger charge is 2.32. The third-order valence-corrected chi connectivity index (χ3v) is 5.14. The molecule has 0 spiro atoms. The van der Waals surface area contributed by atoms with Crippen LogP contribution in [0.5, 0.6) is 11.5 Å². The molecule has 1 aromatic carbocycles. The summed E-state index contributed by atoms with van der Waals surface area (Å²) in [5, 5.41) is 11.4. The second kappa shape index (κ2) is 7.98. The van der Waals surface area contributed by atoms with Crippen molar-refractivity contribution < 1.29 is 23.8 Å². The molecule has 28 heavy (non-hydrogen) atoms. The predicted molar refractivity (Wildman–Crippen MR) is 102 cm³/mol. The first-order valence-corrected chi connectivity index (χ1v) is 9.61. The van der Waals surface area contributed by atoms with E-state index in [9.17, 15) is 14.9 Å². The molecule has 8 heteroatoms. The highest BCUT2D eigenvalue weighted by Crippen LogP contribution is 2.41. The summed E-state index contributed by atoms with van der Waals surface area (Å²) in [5.41, 5.74) is 1.43. The Hall–Kier alpha value is -2.92. The molecular formula is C20H20N2O5S. The van der Waals surface area contributed by atoms with Gasteiger partial charge in [-0.2, -0.15) is 5.26 Å². The van der Waals surface area contributed by atoms with E-state index in [2.05, 4.69) is 4.98 Å². The molecule has 0 radical (unpaired) electrons. The molecule has 0 saturated heterocycles. The molecule has 0 unspecified atom stereocenters. The molecule has 0 N–H and O–H groups in total. The minimum Gasteiger partial charge on any atom is -0.483 e. The molecule has 7 nitrogen and oxygen atoms in total. The first-order chi connectivity index (χ1) is 13.3. The molecule has 0 saturated carbocycles. The maximum atomic E-state index is 12.2. The number of benzene rings is 1. The van der Waals surface area contributed by atoms with Crippen molar-refractivity contribution in [3.8, 4) is 17.6 Å². The molecule has 3 rings (SSSR count). The lowest BCUT2D eigenvalue weighted by atomic mass is 10.0. The maximum Gasteiger partial charge on any atom is 0.344 e. The summed E-state index contributed by atoms with van der Waals surface area (Å²) >= 11 is 1.23. The molecule has 0 bridgehead atoms. The predicted octanol–water partition coefficient (Wildman–Crippen LogP) is 2.96. The zero-order valence-electron chi connectivity index (χ0n) is 15.9. The summed E-state index contributed by atoms with van der Waals surface area (Å²) in [6, 6.07) is 7.41. The SMILES string of the molecule is Cc1csc([C@H](C#N)C(=O)COC(=O)COc2cccc3c2OC(C)(C)C3)n1. The zero-order valence-corrected chi connectivity index (χ0v) is 16.7. The number of hydrogen-bond acceptors (Lipinski definition) is 8. The van der Waals surface area contributed by atoms with Gasteiger partial charge in [-0.05, 0) is 26.8 Å². The molecule has 2 heterocycles. The van der Waals surface area contributed by atoms with E-state index in [4.69, 9.17) is 14.2 Å². The number of esters is 1. The van der Waals surface area contributed by atoms with Gasteiger partial charge in [0.1, 0.15) is 10.6 Å². The lowest BCUT2D eigenvalue weighted by Gasteiger charge is -2.18. The number of aryl methyl sites for hydroxylation is 1. The van der Waals surface area contributed by atoms with Crippen molar-refractivity contribution in [2.45, 2.75) is 38.7 Å². The first kappa shape index (κ1) is 19.8. The van der Waals surface area contributed by atoms with Crippen LogP contribution in [0.1, 0.15) is 36.0 Å². The van der Waals surface area contributed by atoms with Gasteiger partial charge in [0.05, 0.1) is 6.07 Å². The Morgan fingerprint density at radius 1 is 1.39 bits per heavy atom. The van der Waals surface area contributed by atoms with Crippen molar-refractivity contribution in [1.29, 1.82) is 5.26 Å². The molecule has 0 amide bonds. The Kier molecular flexibility index (Phi) is 5.66. The molecule has 0 fully saturated rings. The highest BCUT2D eigenvalue weighted by atomic mass is 32.1. The highest BCUT2D eigenvalue weighted by molar-refractivity contribution is 7.09. The maximum absolute atomic E-state index is 12.2. The summed E-state index contributed by atoms with van der Waals surface area (Å²) < 4.78 is 16.4. The lowest BCUT2D eigenvalue weighted by Crippen LogP contribution is -2.25. The Morgan fingerprint density at radius 3 is 2.86 bits per heavy atom. The Balaban J connectivity index is 1.53. The van der Waals surface area contributed by atoms with E-state index in [0.717, 1.165) is 17.7 Å². The summed E-state index contributed by atoms with van der Waals surface area (Å²) in [7, 11) is 0. The van der Waals surface area contributed by atoms with Crippen molar-refractivity contribution in [3.63, 3.8) is 0 Å². The fourth-order valence-corrected chi connectivity index (χ4v) is 3.74. The van der Waals surface area contributed by atoms with Crippen LogP contribution >= 0.6 is 11.3 Å². The monoisotopic (exact) mass is 400 g/mol. The largest absolute Gasteiger partial charge is 0.483 e. The molecule has 2 aromatic rings. The van der Waals surface area contributed by atoms with Crippen LogP contribution in [0.15, 0.2) is 23.6 Å². The number of nitrogens with zero attached hydrogens (tertiary/aromatic N) is 2. The van der Waals surface area contributed by atoms with Crippen molar-refractivity contribution in [3.05, 3.63) is 39.8 Å². The number of para-hydroxylation sites is 1. The van der Waals surface area contributed by atoms with E-state index in [-0.39, 0.29) is 12.2 Å². The minimum atomic E-state index is -1.04. The number of thiazole rings is 1. The molecule has 1 aliphatic heterocycles. The third kappa shape index (κ3) is 4.49. The topological polar surface area (TPSA) is 98.5 Å². The van der Waals surface area contributed by atoms with Crippen LogP contribution in [-0.2, 0) is 20.7 Å². The second-order valence-corrected chi connectivity index (χ2v) is 7.98. The summed E-state index contributed by atoms with van der Waals surface area (Å²) in [4.78, 5) is 28.3. The quantitative estimate of drug-likeness (QED) is 0.659. The molecule has 0 aliphatic carbocycles. The molecule has 146 valence electrons. The molecule has 1 atom stereocenters. The fourth-order valence-electron chi connectivity index (χ4n) is 2.88. The van der Waals surface area contributed by atoms with Gasteiger partial charge in [0.2, 0.25) is 0 Å². The van der Waals surface area contributed by atoms with E-state index in [0.29, 0.717) is 16.5 Å². The number of fused-ring (bicyclic) bond motifs is 1. The van der Waals surface area contributed by atoms with Gasteiger partial charge in [-0.3, -0.25) is 4.79 Å². The summed E-state index contributed by atoms with van der Waals surface area (Å²) in [6.07, 6.45) is 0.754. The number of nitriles is 1. The third-order valence-electron chi connectivity index (χ3n) is 4.11. The van der Waals surface area contributed by atoms with Crippen LogP contribution in [0, 0.1) is 18.3 Å². The molecular weight excluding hydrogens is 380 g/mol. The van der Waals surface area contributed by atoms with Crippen LogP contribution < -0.4 is 9.47 Å². The van der Waals surface area contributed by atoms with Crippen molar-refractivity contribution in [1.82, 2.24) is 4.98 Å². The van der Waals surface area contributed by atoms with Gasteiger partial charge < -0.3 is 14.2 Å². The van der Waals surface area contributed by atoms with Gasteiger partial charge in [0, 0.05) is 23.1 Å². The van der Waals surface area contributed by atoms with E-state index < -0.39 is 24.3 Å². The van der Waals surface area contributed by atoms with Crippen molar-refractivity contribution >= 4 is 23.1 Å². The van der Waals surface area contributed by atoms with E-state index in [1.807, 2.05) is 32.0 Å². The number of ketones is 1. The van der Waals surface area contributed by atoms with Gasteiger partial charge in [-0.15, -0.1) is 11.3 Å². The summed E-state index contributed by atoms with van der Waals surface area (Å²) in [5.74, 6) is -1.17. The molecule has 1 aromatic heterocycles. The number of ether oxygens (including phenoxy) is 3. The van der Waals surface area contributed by atoms with Crippen LogP contribution in [0.4, 0.5) is 0 Å². The average molecular weight is 400 g/mol. The lowest BCUT2D eigenvalue weighted by molar-refractivity contribution is -0.150. The van der Waals surface area contributed by atoms with E-state index in [1.54, 1.807) is 18.4 Å². The van der Waals surface area contributed by atoms with Gasteiger partial charge in [0.25, 0.3) is 0 Å². The number of rotatable bonds is 7. The fraction of sp³-hybridized carbons (Fsp3) is 0.400. The van der Waals surface area contributed by atoms with E-state index in [1.165, 1.54) is 11.3 Å². The number of Topliss-reactive ketones (excluding diaryl/α,β-unsaturated/α-hetero) is 1. The van der Waals surface area contributed by atoms with Crippen molar-refractivity contribution in [2.75, 3.05) is 13.2 Å². The van der Waals surface area contributed by atoms with Crippen molar-refractivity contribution in [2.24, 2.45) is 0 Å². The Bertz CT molecular complexity index is 944. The van der Waals surface area contributed by atoms with Gasteiger partial charge in [0.15, 0.2) is 36.4 Å². The molecule has 1 aliphatic rings. The second-order valence-electron chi connectivity index (χ2n) is 7.09. The smallest absolute Gasteiger partial charge is 0.344 e. The van der Waals surface area contributed by atoms with Gasteiger partial charge >= 0.3 is 5.97 Å². The van der Waals surface area contributed by atoms with Gasteiger partial charge in [-0.25, -0.2) is 9.78 Å². The minimum absolute atomic E-state index is 0.324. The Morgan fingerprint density at radius 2 is 2.18 bits per heavy atom. The number of carbonyl (C=O) groups excluding carboxylic acids is 2. The summed E-state index contributed by atoms with van der Waals surface area (Å²) in [6.45, 7) is 4.87. The number of carbonyl (C=O) groups is 2. The van der Waals surface area contributed by atoms with Crippen LogP contribution in [-0.4, -0.2) is 35.6 Å². The van der Waals surface area contributed by atoms with Crippen LogP contribution in [0.2, 0.25) is 0 Å². The van der Waals surface area contributed by atoms with Crippen LogP contribution in [0.25, 0.3) is 0 Å². The van der Waals surface area contributed by atoms with Crippen LogP contribution in [0.3, 0.4) is 0 Å². The normalized spacial score (nSPS) is 15.1. The Labute approximate surface area is 166 Å². The van der Waals surface area contributed by atoms with Gasteiger partial charge in [-0.1, -0.05) is 12.1 Å². The number of hydrogen-bond donors (Lipinski definition) is 0. The standard InChI is InChI=1S/C20H20N2O5S/c1-12-11-28-19(22-12)14(8-21)15(23)9-26-17(24)10-25-16-6-4-5-13-7-20(2,3)27-18(13)16/h4-6,11,14H,7,9-10H2,1-3H3/t14-/m1/s1. The first-order valence-electron chi connectivity index (χ1n) is 8.73. The zero-order chi connectivity index (χ0) is 20.3.